The predicted octanol–water partition coefficient (Wildman–Crippen LogP) is 4.50. The van der Waals surface area contributed by atoms with Gasteiger partial charge in [-0.25, -0.2) is 9.67 Å². The van der Waals surface area contributed by atoms with Gasteiger partial charge in [0.05, 0.1) is 5.69 Å². The molecule has 1 aromatic heterocycles. The third-order valence-electron chi connectivity index (χ3n) is 4.15. The molecule has 5 nitrogen and oxygen atoms in total. The first-order valence-corrected chi connectivity index (χ1v) is 8.66. The van der Waals surface area contributed by atoms with E-state index in [0.717, 1.165) is 16.8 Å². The van der Waals surface area contributed by atoms with Crippen molar-refractivity contribution in [2.24, 2.45) is 0 Å². The number of nitrogens with one attached hydrogen (secondary N) is 1. The summed E-state index contributed by atoms with van der Waals surface area (Å²) in [6.45, 7) is 2.03. The summed E-state index contributed by atoms with van der Waals surface area (Å²) in [6, 6.07) is 27.0. The average Bonchev–Trinajstić information content (AvgIpc) is 3.16. The van der Waals surface area contributed by atoms with Crippen molar-refractivity contribution in [3.8, 4) is 17.1 Å². The van der Waals surface area contributed by atoms with Gasteiger partial charge in [-0.1, -0.05) is 66.2 Å². The number of para-hydroxylation sites is 2. The van der Waals surface area contributed by atoms with Crippen LogP contribution < -0.4 is 5.32 Å². The topological polar surface area (TPSA) is 59.8 Å². The van der Waals surface area contributed by atoms with Crippen molar-refractivity contribution < 1.29 is 4.79 Å². The number of carbonyl (C=O) groups is 1. The van der Waals surface area contributed by atoms with Crippen LogP contribution in [0.15, 0.2) is 84.9 Å². The van der Waals surface area contributed by atoms with Crippen LogP contribution in [0.25, 0.3) is 17.1 Å². The molecule has 1 N–H and O–H groups in total. The average molecular weight is 354 g/mol. The van der Waals surface area contributed by atoms with E-state index in [-0.39, 0.29) is 11.7 Å². The van der Waals surface area contributed by atoms with E-state index in [9.17, 15) is 4.79 Å². The molecule has 5 heteroatoms. The summed E-state index contributed by atoms with van der Waals surface area (Å²) in [6.07, 6.45) is 0. The lowest BCUT2D eigenvalue weighted by Crippen LogP contribution is -2.14. The number of aryl methyl sites for hydroxylation is 1. The third kappa shape index (κ3) is 3.62. The van der Waals surface area contributed by atoms with Gasteiger partial charge in [0, 0.05) is 11.3 Å². The SMILES string of the molecule is Cc1ccc(-c2nc(C(=O)Nc3ccccc3)nn2-c2ccccc2)cc1. The third-order valence-corrected chi connectivity index (χ3v) is 4.15. The summed E-state index contributed by atoms with van der Waals surface area (Å²) >= 11 is 0. The Kier molecular flexibility index (Phi) is 4.49. The summed E-state index contributed by atoms with van der Waals surface area (Å²) < 4.78 is 1.70. The minimum Gasteiger partial charge on any atom is -0.319 e. The molecule has 0 saturated heterocycles. The molecule has 132 valence electrons. The molecule has 0 fully saturated rings. The van der Waals surface area contributed by atoms with Gasteiger partial charge in [-0.15, -0.1) is 5.10 Å². The van der Waals surface area contributed by atoms with Crippen LogP contribution in [0.2, 0.25) is 0 Å². The highest BCUT2D eigenvalue weighted by Crippen LogP contribution is 2.22. The Morgan fingerprint density at radius 2 is 1.48 bits per heavy atom. The number of benzene rings is 3. The fourth-order valence-corrected chi connectivity index (χ4v) is 2.76. The van der Waals surface area contributed by atoms with Gasteiger partial charge >= 0.3 is 0 Å². The van der Waals surface area contributed by atoms with E-state index < -0.39 is 0 Å². The van der Waals surface area contributed by atoms with Crippen LogP contribution in [0.3, 0.4) is 0 Å². The Balaban J connectivity index is 1.75. The van der Waals surface area contributed by atoms with Gasteiger partial charge in [-0.3, -0.25) is 4.79 Å². The predicted molar refractivity (Wildman–Crippen MR) is 106 cm³/mol. The fourth-order valence-electron chi connectivity index (χ4n) is 2.76. The number of anilines is 1. The molecule has 3 aromatic carbocycles. The first-order valence-electron chi connectivity index (χ1n) is 8.66. The first kappa shape index (κ1) is 16.7. The first-order chi connectivity index (χ1) is 13.2. The Bertz CT molecular complexity index is 1050. The Morgan fingerprint density at radius 3 is 2.15 bits per heavy atom. The number of amides is 1. The van der Waals surface area contributed by atoms with Crippen LogP contribution in [0.1, 0.15) is 16.2 Å². The highest BCUT2D eigenvalue weighted by molar-refractivity contribution is 6.01. The van der Waals surface area contributed by atoms with Gasteiger partial charge in [0.2, 0.25) is 5.82 Å². The van der Waals surface area contributed by atoms with E-state index >= 15 is 0 Å². The van der Waals surface area contributed by atoms with E-state index in [2.05, 4.69) is 15.4 Å². The summed E-state index contributed by atoms with van der Waals surface area (Å²) in [5.74, 6) is 0.405. The van der Waals surface area contributed by atoms with Gasteiger partial charge < -0.3 is 5.32 Å². The smallest absolute Gasteiger partial charge is 0.295 e. The van der Waals surface area contributed by atoms with Gasteiger partial charge in [0.15, 0.2) is 5.82 Å². The molecule has 0 atom stereocenters. The minimum absolute atomic E-state index is 0.123. The molecule has 27 heavy (non-hydrogen) atoms. The number of hydrogen-bond acceptors (Lipinski definition) is 3. The highest BCUT2D eigenvalue weighted by atomic mass is 16.2. The van der Waals surface area contributed by atoms with Crippen molar-refractivity contribution in [3.05, 3.63) is 96.3 Å². The Hall–Kier alpha value is -3.73. The second-order valence-electron chi connectivity index (χ2n) is 6.19. The quantitative estimate of drug-likeness (QED) is 0.587. The van der Waals surface area contributed by atoms with Crippen molar-refractivity contribution in [1.82, 2.24) is 14.8 Å². The normalized spacial score (nSPS) is 10.6. The Morgan fingerprint density at radius 1 is 0.852 bits per heavy atom. The lowest BCUT2D eigenvalue weighted by molar-refractivity contribution is 0.101. The fraction of sp³-hybridized carbons (Fsp3) is 0.0455. The van der Waals surface area contributed by atoms with Gasteiger partial charge in [-0.05, 0) is 31.2 Å². The molecule has 0 bridgehead atoms. The van der Waals surface area contributed by atoms with E-state index in [1.807, 2.05) is 91.9 Å². The molecule has 4 aromatic rings. The van der Waals surface area contributed by atoms with Gasteiger partial charge in [0.1, 0.15) is 0 Å². The van der Waals surface area contributed by atoms with Crippen molar-refractivity contribution in [2.45, 2.75) is 6.92 Å². The maximum atomic E-state index is 12.6. The molecule has 0 aliphatic rings. The second kappa shape index (κ2) is 7.25. The van der Waals surface area contributed by atoms with Crippen molar-refractivity contribution in [2.75, 3.05) is 5.32 Å². The highest BCUT2D eigenvalue weighted by Gasteiger charge is 2.18. The summed E-state index contributed by atoms with van der Waals surface area (Å²) in [7, 11) is 0. The lowest BCUT2D eigenvalue weighted by atomic mass is 10.1. The minimum atomic E-state index is -0.343. The molecular weight excluding hydrogens is 336 g/mol. The van der Waals surface area contributed by atoms with Crippen LogP contribution >= 0.6 is 0 Å². The molecule has 1 heterocycles. The monoisotopic (exact) mass is 354 g/mol. The van der Waals surface area contributed by atoms with E-state index in [4.69, 9.17) is 0 Å². The lowest BCUT2D eigenvalue weighted by Gasteiger charge is -2.05. The van der Waals surface area contributed by atoms with E-state index in [0.29, 0.717) is 11.5 Å². The van der Waals surface area contributed by atoms with Crippen LogP contribution in [0.5, 0.6) is 0 Å². The van der Waals surface area contributed by atoms with Crippen LogP contribution in [-0.4, -0.2) is 20.7 Å². The van der Waals surface area contributed by atoms with E-state index in [1.165, 1.54) is 0 Å². The molecule has 4 rings (SSSR count). The second-order valence-corrected chi connectivity index (χ2v) is 6.19. The molecule has 0 saturated carbocycles. The largest absolute Gasteiger partial charge is 0.319 e. The number of aromatic nitrogens is 3. The molecular formula is C22H18N4O. The van der Waals surface area contributed by atoms with Crippen molar-refractivity contribution in [3.63, 3.8) is 0 Å². The zero-order valence-electron chi connectivity index (χ0n) is 14.8. The van der Waals surface area contributed by atoms with Crippen molar-refractivity contribution >= 4 is 11.6 Å². The van der Waals surface area contributed by atoms with Gasteiger partial charge in [0.25, 0.3) is 5.91 Å². The molecule has 0 unspecified atom stereocenters. The number of hydrogen-bond donors (Lipinski definition) is 1. The number of rotatable bonds is 4. The number of carbonyl (C=O) groups excluding carboxylic acids is 1. The van der Waals surface area contributed by atoms with Crippen LogP contribution in [0.4, 0.5) is 5.69 Å². The molecule has 0 spiro atoms. The summed E-state index contributed by atoms with van der Waals surface area (Å²) in [4.78, 5) is 17.2. The summed E-state index contributed by atoms with van der Waals surface area (Å²) in [5, 5.41) is 7.30. The van der Waals surface area contributed by atoms with Crippen molar-refractivity contribution in [1.29, 1.82) is 0 Å². The molecule has 0 aliphatic heterocycles. The molecule has 0 aliphatic carbocycles. The number of nitrogens with zero attached hydrogens (tertiary/aromatic N) is 3. The molecule has 0 radical (unpaired) electrons. The summed E-state index contributed by atoms with van der Waals surface area (Å²) in [5.41, 5.74) is 3.61. The Labute approximate surface area is 157 Å². The van der Waals surface area contributed by atoms with Crippen LogP contribution in [0, 0.1) is 6.92 Å². The standard InChI is InChI=1S/C22H18N4O/c1-16-12-14-17(15-13-16)21-24-20(22(27)23-18-8-4-2-5-9-18)25-26(21)19-10-6-3-7-11-19/h2-15H,1H3,(H,23,27). The molecule has 1 amide bonds. The maximum Gasteiger partial charge on any atom is 0.295 e. The maximum absolute atomic E-state index is 12.6. The van der Waals surface area contributed by atoms with E-state index in [1.54, 1.807) is 4.68 Å². The van der Waals surface area contributed by atoms with Gasteiger partial charge in [-0.2, -0.15) is 0 Å². The zero-order chi connectivity index (χ0) is 18.6. The van der Waals surface area contributed by atoms with Crippen LogP contribution in [-0.2, 0) is 0 Å². The zero-order valence-corrected chi connectivity index (χ0v) is 14.8.